The molecular weight excluding hydrogens is 431 g/mol. The standard InChI is InChI=1S/C22H28Cl2O6/c1-20-7-5-12(25)9-11(20)3-4-13-14-6-8-22(19(28)29,30-18(27)17(23)24)21(14,2)10-15(26)16(13)20/h9,13-17,26H,3-8,10H2,1-2H3,(H,28,29)/t13-,14-,15?,16-,20-,21-,22?/m0/s1. The van der Waals surface area contributed by atoms with Crippen molar-refractivity contribution >= 4 is 40.9 Å². The highest BCUT2D eigenvalue weighted by molar-refractivity contribution is 6.53. The Hall–Kier alpha value is -1.11. The first-order chi connectivity index (χ1) is 14.0. The van der Waals surface area contributed by atoms with Crippen molar-refractivity contribution in [3.63, 3.8) is 0 Å². The van der Waals surface area contributed by atoms with Gasteiger partial charge in [0, 0.05) is 11.8 Å². The van der Waals surface area contributed by atoms with Crippen molar-refractivity contribution in [3.8, 4) is 0 Å². The van der Waals surface area contributed by atoms with Crippen LogP contribution in [0.4, 0.5) is 0 Å². The summed E-state index contributed by atoms with van der Waals surface area (Å²) in [5.74, 6) is -2.01. The average Bonchev–Trinajstić information content (AvgIpc) is 2.94. The van der Waals surface area contributed by atoms with Gasteiger partial charge >= 0.3 is 11.9 Å². The topological polar surface area (TPSA) is 101 Å². The molecule has 6 nitrogen and oxygen atoms in total. The van der Waals surface area contributed by atoms with Gasteiger partial charge in [-0.3, -0.25) is 4.79 Å². The van der Waals surface area contributed by atoms with E-state index in [0.717, 1.165) is 18.4 Å². The smallest absolute Gasteiger partial charge is 0.348 e. The molecule has 7 atom stereocenters. The molecule has 0 aromatic heterocycles. The number of carboxylic acids is 1. The number of allylic oxidation sites excluding steroid dienone is 1. The number of halogens is 2. The third kappa shape index (κ3) is 2.90. The minimum absolute atomic E-state index is 0.0186. The Morgan fingerprint density at radius 3 is 2.53 bits per heavy atom. The number of hydrogen-bond donors (Lipinski definition) is 2. The molecule has 0 saturated heterocycles. The molecule has 0 amide bonds. The monoisotopic (exact) mass is 458 g/mol. The van der Waals surface area contributed by atoms with Crippen LogP contribution < -0.4 is 0 Å². The highest BCUT2D eigenvalue weighted by Crippen LogP contribution is 2.68. The number of carbonyl (C=O) groups excluding carboxylic acids is 2. The van der Waals surface area contributed by atoms with E-state index in [-0.39, 0.29) is 41.8 Å². The van der Waals surface area contributed by atoms with E-state index < -0.39 is 33.9 Å². The maximum Gasteiger partial charge on any atom is 0.348 e. The van der Waals surface area contributed by atoms with E-state index in [1.165, 1.54) is 0 Å². The summed E-state index contributed by atoms with van der Waals surface area (Å²) in [7, 11) is 0. The molecule has 0 spiro atoms. The van der Waals surface area contributed by atoms with Gasteiger partial charge in [-0.25, -0.2) is 9.59 Å². The molecule has 8 heteroatoms. The van der Waals surface area contributed by atoms with Gasteiger partial charge in [-0.1, -0.05) is 42.6 Å². The Labute approximate surface area is 185 Å². The fourth-order valence-corrected chi connectivity index (χ4v) is 7.54. The SMILES string of the molecule is C[C@]12CCC(=O)C=C1CC[C@@H]1[C@H]2C(O)C[C@@]2(C)[C@H]1CCC2(OC(=O)C(Cl)Cl)C(=O)O. The van der Waals surface area contributed by atoms with Gasteiger partial charge in [-0.2, -0.15) is 0 Å². The number of alkyl halides is 2. The van der Waals surface area contributed by atoms with Crippen LogP contribution in [0.5, 0.6) is 0 Å². The van der Waals surface area contributed by atoms with Crippen LogP contribution in [0.3, 0.4) is 0 Å². The third-order valence-electron chi connectivity index (χ3n) is 8.81. The fourth-order valence-electron chi connectivity index (χ4n) is 7.45. The Morgan fingerprint density at radius 1 is 1.20 bits per heavy atom. The Morgan fingerprint density at radius 2 is 1.90 bits per heavy atom. The number of fused-ring (bicyclic) bond motifs is 5. The van der Waals surface area contributed by atoms with Crippen molar-refractivity contribution in [1.29, 1.82) is 0 Å². The minimum atomic E-state index is -1.76. The molecule has 166 valence electrons. The van der Waals surface area contributed by atoms with E-state index in [1.54, 1.807) is 6.08 Å². The maximum atomic E-state index is 12.4. The molecule has 0 radical (unpaired) electrons. The van der Waals surface area contributed by atoms with Gasteiger partial charge in [-0.15, -0.1) is 0 Å². The second-order valence-electron chi connectivity index (χ2n) is 9.97. The van der Waals surface area contributed by atoms with Gasteiger partial charge < -0.3 is 14.9 Å². The molecule has 2 N–H and O–H groups in total. The average molecular weight is 459 g/mol. The molecule has 0 bridgehead atoms. The molecule has 3 fully saturated rings. The Bertz CT molecular complexity index is 824. The quantitative estimate of drug-likeness (QED) is 0.494. The molecule has 0 aromatic rings. The molecule has 30 heavy (non-hydrogen) atoms. The van der Waals surface area contributed by atoms with Gasteiger partial charge in [-0.05, 0) is 67.8 Å². The van der Waals surface area contributed by atoms with E-state index >= 15 is 0 Å². The zero-order valence-corrected chi connectivity index (χ0v) is 18.7. The molecule has 0 aliphatic heterocycles. The summed E-state index contributed by atoms with van der Waals surface area (Å²) in [4.78, 5) is 35.2. The van der Waals surface area contributed by atoms with E-state index in [2.05, 4.69) is 6.92 Å². The van der Waals surface area contributed by atoms with Gasteiger partial charge in [0.2, 0.25) is 10.4 Å². The molecule has 4 rings (SSSR count). The first-order valence-corrected chi connectivity index (χ1v) is 11.5. The second-order valence-corrected chi connectivity index (χ2v) is 11.1. The van der Waals surface area contributed by atoms with Gasteiger partial charge in [0.25, 0.3) is 0 Å². The second kappa shape index (κ2) is 7.21. The number of rotatable bonds is 3. The lowest BCUT2D eigenvalue weighted by Gasteiger charge is -2.60. The zero-order valence-electron chi connectivity index (χ0n) is 17.2. The van der Waals surface area contributed by atoms with E-state index in [9.17, 15) is 24.6 Å². The fraction of sp³-hybridized carbons (Fsp3) is 0.773. The van der Waals surface area contributed by atoms with Gasteiger partial charge in [0.1, 0.15) is 0 Å². The first-order valence-electron chi connectivity index (χ1n) is 10.6. The highest BCUT2D eigenvalue weighted by atomic mass is 35.5. The summed E-state index contributed by atoms with van der Waals surface area (Å²) in [5, 5.41) is 21.5. The predicted molar refractivity (Wildman–Crippen MR) is 110 cm³/mol. The van der Waals surface area contributed by atoms with Crippen molar-refractivity contribution in [3.05, 3.63) is 11.6 Å². The number of carbonyl (C=O) groups is 3. The third-order valence-corrected chi connectivity index (χ3v) is 9.17. The Balaban J connectivity index is 1.73. The molecular formula is C22H28Cl2O6. The van der Waals surface area contributed by atoms with Crippen LogP contribution in [0.1, 0.15) is 58.8 Å². The predicted octanol–water partition coefficient (Wildman–Crippen LogP) is 3.66. The number of esters is 1. The summed E-state index contributed by atoms with van der Waals surface area (Å²) in [6.45, 7) is 3.96. The van der Waals surface area contributed by atoms with Crippen molar-refractivity contribution < 1.29 is 29.3 Å². The van der Waals surface area contributed by atoms with Crippen LogP contribution in [-0.2, 0) is 19.1 Å². The van der Waals surface area contributed by atoms with Crippen LogP contribution in [0, 0.1) is 28.6 Å². The maximum absolute atomic E-state index is 12.4. The number of carboxylic acid groups (broad SMARTS) is 1. The number of aliphatic hydroxyl groups is 1. The number of aliphatic carboxylic acids is 1. The molecule has 4 aliphatic carbocycles. The largest absolute Gasteiger partial charge is 0.478 e. The Kier molecular flexibility index (Phi) is 5.31. The summed E-state index contributed by atoms with van der Waals surface area (Å²) in [5.41, 5.74) is -1.84. The normalized spacial score (nSPS) is 45.3. The minimum Gasteiger partial charge on any atom is -0.478 e. The number of aliphatic hydroxyl groups excluding tert-OH is 1. The van der Waals surface area contributed by atoms with E-state index in [0.29, 0.717) is 19.3 Å². The molecule has 3 saturated carbocycles. The summed E-state index contributed by atoms with van der Waals surface area (Å²) in [6, 6.07) is 0. The van der Waals surface area contributed by atoms with Crippen molar-refractivity contribution in [1.82, 2.24) is 0 Å². The molecule has 2 unspecified atom stereocenters. The molecule has 0 aromatic carbocycles. The lowest BCUT2D eigenvalue weighted by Crippen LogP contribution is -2.63. The van der Waals surface area contributed by atoms with E-state index in [1.807, 2.05) is 6.92 Å². The number of ketones is 1. The lowest BCUT2D eigenvalue weighted by atomic mass is 9.45. The number of ether oxygens (including phenoxy) is 1. The zero-order chi connectivity index (χ0) is 22.1. The van der Waals surface area contributed by atoms with Crippen LogP contribution in [0.2, 0.25) is 0 Å². The van der Waals surface area contributed by atoms with Gasteiger partial charge in [0.05, 0.1) is 6.10 Å². The highest BCUT2D eigenvalue weighted by Gasteiger charge is 2.71. The molecule has 0 heterocycles. The van der Waals surface area contributed by atoms with Crippen LogP contribution in [0.15, 0.2) is 11.6 Å². The summed E-state index contributed by atoms with van der Waals surface area (Å²) < 4.78 is 5.50. The summed E-state index contributed by atoms with van der Waals surface area (Å²) >= 11 is 11.3. The summed E-state index contributed by atoms with van der Waals surface area (Å²) in [6.07, 6.45) is 4.72. The first kappa shape index (κ1) is 22.1. The van der Waals surface area contributed by atoms with Crippen molar-refractivity contribution in [2.45, 2.75) is 75.3 Å². The van der Waals surface area contributed by atoms with E-state index in [4.69, 9.17) is 27.9 Å². The number of hydrogen-bond acceptors (Lipinski definition) is 5. The molecule has 4 aliphatic rings. The van der Waals surface area contributed by atoms with Crippen LogP contribution >= 0.6 is 23.2 Å². The van der Waals surface area contributed by atoms with Crippen molar-refractivity contribution in [2.24, 2.45) is 28.6 Å². The van der Waals surface area contributed by atoms with Crippen LogP contribution in [-0.4, -0.2) is 44.5 Å². The lowest BCUT2D eigenvalue weighted by molar-refractivity contribution is -0.210. The van der Waals surface area contributed by atoms with Crippen molar-refractivity contribution in [2.75, 3.05) is 0 Å². The van der Waals surface area contributed by atoms with Crippen LogP contribution in [0.25, 0.3) is 0 Å². The van der Waals surface area contributed by atoms with Gasteiger partial charge in [0.15, 0.2) is 5.78 Å².